The van der Waals surface area contributed by atoms with Gasteiger partial charge in [-0.15, -0.1) is 0 Å². The van der Waals surface area contributed by atoms with Gasteiger partial charge in [0.2, 0.25) is 0 Å². The van der Waals surface area contributed by atoms with E-state index in [1.165, 1.54) is 6.07 Å². The molecule has 0 amide bonds. The lowest BCUT2D eigenvalue weighted by Gasteiger charge is -2.20. The van der Waals surface area contributed by atoms with Gasteiger partial charge in [0, 0.05) is 32.7 Å². The molecule has 0 atom stereocenters. The average Bonchev–Trinajstić information content (AvgIpc) is 3.89. The van der Waals surface area contributed by atoms with E-state index in [1.807, 2.05) is 133 Å². The molecule has 0 spiro atoms. The maximum absolute atomic E-state index is 14.0. The molecule has 2 aromatic heterocycles. The lowest BCUT2D eigenvalue weighted by molar-refractivity contribution is -0.137. The van der Waals surface area contributed by atoms with Gasteiger partial charge in [0.1, 0.15) is 0 Å². The Bertz CT molecular complexity index is 4090. The third-order valence-electron chi connectivity index (χ3n) is 12.7. The van der Waals surface area contributed by atoms with E-state index in [2.05, 4.69) is 45.5 Å². The maximum Gasteiger partial charge on any atom is 0.416 e. The van der Waals surface area contributed by atoms with Crippen molar-refractivity contribution in [3.05, 3.63) is 216 Å². The second-order valence-electron chi connectivity index (χ2n) is 16.4. The zero-order valence-electron chi connectivity index (χ0n) is 35.7. The number of nitrogens with zero attached hydrogens (tertiary/aromatic N) is 6. The lowest BCUT2D eigenvalue weighted by Crippen LogP contribution is -2.05. The molecule has 0 saturated heterocycles. The topological polar surface area (TPSA) is 105 Å². The summed E-state index contributed by atoms with van der Waals surface area (Å²) in [6, 6.07) is 66.6. The van der Waals surface area contributed by atoms with Crippen molar-refractivity contribution in [2.45, 2.75) is 6.18 Å². The number of halogens is 3. The molecule has 0 N–H and O–H groups in total. The van der Waals surface area contributed by atoms with E-state index in [0.717, 1.165) is 83.7 Å². The number of aromatic nitrogens is 2. The Hall–Kier alpha value is -9.67. The van der Waals surface area contributed by atoms with Crippen LogP contribution in [0, 0.1) is 45.3 Å². The van der Waals surface area contributed by atoms with Crippen LogP contribution < -0.4 is 0 Å². The smallest absolute Gasteiger partial charge is 0.309 e. The van der Waals surface area contributed by atoms with Gasteiger partial charge in [-0.05, 0) is 118 Å². The molecule has 0 aliphatic rings. The van der Waals surface area contributed by atoms with Gasteiger partial charge in [-0.2, -0.15) is 34.2 Å². The molecule has 0 bridgehead atoms. The molecule has 0 saturated carbocycles. The van der Waals surface area contributed by atoms with Crippen molar-refractivity contribution in [3.8, 4) is 80.2 Å². The van der Waals surface area contributed by atoms with Gasteiger partial charge in [0.25, 0.3) is 0 Å². The van der Waals surface area contributed by atoms with E-state index in [0.29, 0.717) is 44.6 Å². The molecule has 0 aliphatic heterocycles. The molecule has 0 unspecified atom stereocenters. The van der Waals surface area contributed by atoms with Gasteiger partial charge in [-0.25, -0.2) is 0 Å². The Morgan fingerprint density at radius 3 is 1.37 bits per heavy atom. The van der Waals surface area contributed by atoms with Crippen LogP contribution in [0.2, 0.25) is 0 Å². The molecule has 0 aliphatic carbocycles. The summed E-state index contributed by atoms with van der Waals surface area (Å²) in [5, 5.41) is 44.5. The van der Waals surface area contributed by atoms with E-state index < -0.39 is 11.7 Å². The second kappa shape index (κ2) is 16.1. The van der Waals surface area contributed by atoms with E-state index in [-0.39, 0.29) is 5.56 Å². The molecule has 11 aromatic rings. The first kappa shape index (κ1) is 41.1. The van der Waals surface area contributed by atoms with Crippen molar-refractivity contribution in [1.29, 1.82) is 21.0 Å². The number of benzene rings is 9. The van der Waals surface area contributed by atoms with Crippen molar-refractivity contribution in [2.24, 2.45) is 0 Å². The van der Waals surface area contributed by atoms with E-state index in [9.17, 15) is 34.2 Å². The van der Waals surface area contributed by atoms with Crippen LogP contribution in [0.4, 0.5) is 13.2 Å². The van der Waals surface area contributed by atoms with Crippen LogP contribution in [0.5, 0.6) is 0 Å². The Balaban J connectivity index is 1.22. The summed E-state index contributed by atoms with van der Waals surface area (Å²) < 4.78 is 46.2. The highest BCUT2D eigenvalue weighted by atomic mass is 19.4. The summed E-state index contributed by atoms with van der Waals surface area (Å²) in [5.41, 5.74) is 10.9. The molecule has 6 nitrogen and oxygen atoms in total. The van der Waals surface area contributed by atoms with Gasteiger partial charge in [-0.3, -0.25) is 0 Å². The molecular weight excluding hydrogens is 850 g/mol. The number of hydrogen-bond donors (Lipinski definition) is 0. The summed E-state index contributed by atoms with van der Waals surface area (Å²) in [5.74, 6) is 0. The van der Waals surface area contributed by atoms with Crippen molar-refractivity contribution < 1.29 is 13.2 Å². The first-order valence-corrected chi connectivity index (χ1v) is 21.6. The van der Waals surface area contributed by atoms with Gasteiger partial charge < -0.3 is 9.13 Å². The summed E-state index contributed by atoms with van der Waals surface area (Å²) in [7, 11) is 0. The van der Waals surface area contributed by atoms with Crippen LogP contribution in [0.3, 0.4) is 0 Å². The van der Waals surface area contributed by atoms with Crippen molar-refractivity contribution in [3.63, 3.8) is 0 Å². The normalized spacial score (nSPS) is 11.4. The van der Waals surface area contributed by atoms with Crippen LogP contribution in [-0.4, -0.2) is 9.13 Å². The Kier molecular flexibility index (Phi) is 9.72. The highest BCUT2D eigenvalue weighted by Crippen LogP contribution is 2.44. The number of alkyl halides is 3. The summed E-state index contributed by atoms with van der Waals surface area (Å²) in [6.45, 7) is 0. The molecule has 318 valence electrons. The average molecular weight is 881 g/mol. The van der Waals surface area contributed by atoms with Crippen molar-refractivity contribution >= 4 is 43.6 Å². The molecule has 11 rings (SSSR count). The third-order valence-corrected chi connectivity index (χ3v) is 12.7. The Morgan fingerprint density at radius 1 is 0.338 bits per heavy atom. The fraction of sp³-hybridized carbons (Fsp3) is 0.0169. The van der Waals surface area contributed by atoms with Crippen molar-refractivity contribution in [1.82, 2.24) is 9.13 Å². The molecule has 0 fully saturated rings. The monoisotopic (exact) mass is 880 g/mol. The standard InChI is InChI=1S/C59H31F3N6/c60-59(61,62)43-21-23-46(42(28-43)35-66)39-18-22-49(58(31-39)68-54-16-8-6-14-48(54)52-30-38(20-26-57(52)68)45-12-4-2-10-41(45)34-65)50-27-36(32-63)17-24-55(50)67-53-15-7-5-13-47(53)51-29-37(19-25-56(51)67)44-11-3-1-9-40(44)33-64/h1-31H. The summed E-state index contributed by atoms with van der Waals surface area (Å²) >= 11 is 0. The number of hydrogen-bond acceptors (Lipinski definition) is 4. The minimum Gasteiger partial charge on any atom is -0.309 e. The minimum atomic E-state index is -4.65. The van der Waals surface area contributed by atoms with Gasteiger partial charge in [0.15, 0.2) is 0 Å². The zero-order chi connectivity index (χ0) is 46.7. The van der Waals surface area contributed by atoms with Crippen LogP contribution in [-0.2, 0) is 6.18 Å². The molecular formula is C59H31F3N6. The van der Waals surface area contributed by atoms with Crippen LogP contribution in [0.25, 0.3) is 99.5 Å². The van der Waals surface area contributed by atoms with Gasteiger partial charge >= 0.3 is 6.18 Å². The van der Waals surface area contributed by atoms with Gasteiger partial charge in [0.05, 0.1) is 85.5 Å². The van der Waals surface area contributed by atoms with Crippen LogP contribution >= 0.6 is 0 Å². The Labute approximate surface area is 387 Å². The van der Waals surface area contributed by atoms with Crippen LogP contribution in [0.15, 0.2) is 188 Å². The fourth-order valence-electron chi connectivity index (χ4n) is 9.66. The van der Waals surface area contributed by atoms with Crippen molar-refractivity contribution in [2.75, 3.05) is 0 Å². The second-order valence-corrected chi connectivity index (χ2v) is 16.4. The lowest BCUT2D eigenvalue weighted by atomic mass is 9.93. The van der Waals surface area contributed by atoms with E-state index >= 15 is 0 Å². The number of para-hydroxylation sites is 2. The van der Waals surface area contributed by atoms with Gasteiger partial charge in [-0.1, -0.05) is 103 Å². The number of rotatable bonds is 6. The van der Waals surface area contributed by atoms with E-state index in [4.69, 9.17) is 0 Å². The number of nitriles is 4. The zero-order valence-corrected chi connectivity index (χ0v) is 35.7. The first-order chi connectivity index (χ1) is 33.2. The molecule has 9 heteroatoms. The Morgan fingerprint density at radius 2 is 0.809 bits per heavy atom. The summed E-state index contributed by atoms with van der Waals surface area (Å²) in [4.78, 5) is 0. The highest BCUT2D eigenvalue weighted by molar-refractivity contribution is 6.13. The molecule has 0 radical (unpaired) electrons. The number of fused-ring (bicyclic) bond motifs is 6. The quantitative estimate of drug-likeness (QED) is 0.166. The first-order valence-electron chi connectivity index (χ1n) is 21.6. The highest BCUT2D eigenvalue weighted by Gasteiger charge is 2.31. The predicted molar refractivity (Wildman–Crippen MR) is 261 cm³/mol. The maximum atomic E-state index is 14.0. The van der Waals surface area contributed by atoms with E-state index in [1.54, 1.807) is 24.3 Å². The molecule has 9 aromatic carbocycles. The largest absolute Gasteiger partial charge is 0.416 e. The molecule has 2 heterocycles. The third kappa shape index (κ3) is 6.63. The SMILES string of the molecule is N#Cc1ccc(-n2c3ccccc3c3cc(-c4ccccc4C#N)ccc32)c(-c2ccc(-c3ccc(C(F)(F)F)cc3C#N)cc2-n2c3ccccc3c3cc(-c4ccccc4C#N)ccc32)c1. The fourth-order valence-corrected chi connectivity index (χ4v) is 9.66. The minimum absolute atomic E-state index is 0.129. The predicted octanol–water partition coefficient (Wildman–Crippen LogP) is 15.1. The van der Waals surface area contributed by atoms with Crippen LogP contribution in [0.1, 0.15) is 27.8 Å². The molecule has 68 heavy (non-hydrogen) atoms. The summed E-state index contributed by atoms with van der Waals surface area (Å²) in [6.07, 6.45) is -4.65.